The van der Waals surface area contributed by atoms with Gasteiger partial charge in [0.1, 0.15) is 12.0 Å². The van der Waals surface area contributed by atoms with Crippen molar-refractivity contribution in [3.63, 3.8) is 0 Å². The highest BCUT2D eigenvalue weighted by atomic mass is 16.5. The Hall–Kier alpha value is -4.59. The van der Waals surface area contributed by atoms with E-state index >= 15 is 0 Å². The second-order valence-electron chi connectivity index (χ2n) is 6.77. The Morgan fingerprint density at radius 1 is 0.844 bits per heavy atom. The summed E-state index contributed by atoms with van der Waals surface area (Å²) in [5.74, 6) is 0.309. The van der Waals surface area contributed by atoms with Gasteiger partial charge in [-0.3, -0.25) is 10.4 Å². The number of ether oxygens (including phenoxy) is 1. The highest BCUT2D eigenvalue weighted by molar-refractivity contribution is 5.97. The molecule has 160 valence electrons. The summed E-state index contributed by atoms with van der Waals surface area (Å²) in [6, 6.07) is 26.6. The van der Waals surface area contributed by atoms with Gasteiger partial charge in [0.25, 0.3) is 0 Å². The fraction of sp³-hybridized carbons (Fsp3) is 0.0417. The highest BCUT2D eigenvalue weighted by Gasteiger charge is 2.16. The van der Waals surface area contributed by atoms with Crippen LogP contribution in [0.15, 0.2) is 91.3 Å². The number of nitrogens with two attached hydrogens (primary N) is 1. The van der Waals surface area contributed by atoms with E-state index in [1.54, 1.807) is 24.3 Å². The van der Waals surface area contributed by atoms with Gasteiger partial charge in [-0.1, -0.05) is 48.5 Å². The summed E-state index contributed by atoms with van der Waals surface area (Å²) in [7, 11) is 1.34. The Balaban J connectivity index is 1.67. The van der Waals surface area contributed by atoms with Gasteiger partial charge in [-0.05, 0) is 36.4 Å². The number of nitrogens with zero attached hydrogens (tertiary/aromatic N) is 3. The van der Waals surface area contributed by atoms with Crippen LogP contribution in [-0.4, -0.2) is 23.0 Å². The van der Waals surface area contributed by atoms with E-state index in [1.165, 1.54) is 13.4 Å². The van der Waals surface area contributed by atoms with Crippen LogP contribution in [0.25, 0.3) is 0 Å². The van der Waals surface area contributed by atoms with Gasteiger partial charge in [0.15, 0.2) is 11.6 Å². The van der Waals surface area contributed by atoms with Crippen molar-refractivity contribution in [3.05, 3.63) is 96.8 Å². The van der Waals surface area contributed by atoms with Gasteiger partial charge in [0.2, 0.25) is 0 Å². The number of para-hydroxylation sites is 3. The van der Waals surface area contributed by atoms with E-state index in [-0.39, 0.29) is 0 Å². The zero-order chi connectivity index (χ0) is 22.3. The molecule has 0 saturated heterocycles. The number of hydrogen-bond donors (Lipinski definition) is 3. The molecule has 4 aromatic rings. The third kappa shape index (κ3) is 4.44. The topological polar surface area (TPSA) is 105 Å². The number of aromatic nitrogens is 2. The summed E-state index contributed by atoms with van der Waals surface area (Å²) < 4.78 is 4.86. The van der Waals surface area contributed by atoms with E-state index in [9.17, 15) is 4.79 Å². The molecule has 0 aliphatic heterocycles. The predicted molar refractivity (Wildman–Crippen MR) is 126 cm³/mol. The molecule has 4 rings (SSSR count). The Morgan fingerprint density at radius 2 is 1.41 bits per heavy atom. The van der Waals surface area contributed by atoms with Crippen LogP contribution in [0.3, 0.4) is 0 Å². The number of methoxy groups -OCH3 is 1. The quantitative estimate of drug-likeness (QED) is 0.287. The van der Waals surface area contributed by atoms with Crippen LogP contribution >= 0.6 is 0 Å². The first-order valence-corrected chi connectivity index (χ1v) is 9.89. The van der Waals surface area contributed by atoms with Crippen LogP contribution in [-0.2, 0) is 4.74 Å². The molecule has 8 nitrogen and oxygen atoms in total. The van der Waals surface area contributed by atoms with E-state index in [4.69, 9.17) is 10.5 Å². The number of benzene rings is 3. The molecule has 0 amide bonds. The third-order valence-corrected chi connectivity index (χ3v) is 4.72. The lowest BCUT2D eigenvalue weighted by Crippen LogP contribution is -2.26. The molecule has 0 aliphatic rings. The van der Waals surface area contributed by atoms with Gasteiger partial charge in [-0.2, -0.15) is 0 Å². The summed E-state index contributed by atoms with van der Waals surface area (Å²) >= 11 is 0. The number of anilines is 6. The monoisotopic (exact) mass is 426 g/mol. The lowest BCUT2D eigenvalue weighted by atomic mass is 10.2. The van der Waals surface area contributed by atoms with E-state index < -0.39 is 5.97 Å². The van der Waals surface area contributed by atoms with E-state index in [1.807, 2.05) is 65.7 Å². The number of esters is 1. The van der Waals surface area contributed by atoms with Crippen molar-refractivity contribution in [2.24, 2.45) is 0 Å². The molecule has 1 heterocycles. The summed E-state index contributed by atoms with van der Waals surface area (Å²) in [5.41, 5.74) is 12.7. The first kappa shape index (κ1) is 20.7. The lowest BCUT2D eigenvalue weighted by Gasteiger charge is -2.27. The van der Waals surface area contributed by atoms with E-state index in [2.05, 4.69) is 20.7 Å². The average Bonchev–Trinajstić information content (AvgIpc) is 2.85. The van der Waals surface area contributed by atoms with Crippen LogP contribution in [0.1, 0.15) is 10.4 Å². The van der Waals surface area contributed by atoms with E-state index in [0.717, 1.165) is 11.4 Å². The molecular formula is C24H22N6O2. The molecule has 0 radical (unpaired) electrons. The van der Waals surface area contributed by atoms with Gasteiger partial charge in [-0.15, -0.1) is 0 Å². The number of carbonyl (C=O) groups excluding carboxylic acids is 1. The molecule has 3 aromatic carbocycles. The number of carbonyl (C=O) groups is 1. The van der Waals surface area contributed by atoms with Crippen molar-refractivity contribution < 1.29 is 9.53 Å². The van der Waals surface area contributed by atoms with Crippen molar-refractivity contribution in [2.45, 2.75) is 0 Å². The van der Waals surface area contributed by atoms with Crippen LogP contribution in [0.5, 0.6) is 0 Å². The zero-order valence-corrected chi connectivity index (χ0v) is 17.4. The largest absolute Gasteiger partial charge is 0.465 e. The first-order valence-electron chi connectivity index (χ1n) is 9.89. The third-order valence-electron chi connectivity index (χ3n) is 4.72. The number of rotatable bonds is 7. The Morgan fingerprint density at radius 3 is 2.03 bits per heavy atom. The number of nitrogens with one attached hydrogen (secondary N) is 2. The molecule has 0 unspecified atom stereocenters. The zero-order valence-electron chi connectivity index (χ0n) is 17.4. The molecule has 4 N–H and O–H groups in total. The average molecular weight is 426 g/mol. The Labute approximate surface area is 185 Å². The first-order chi connectivity index (χ1) is 15.7. The molecule has 0 spiro atoms. The Kier molecular flexibility index (Phi) is 6.12. The van der Waals surface area contributed by atoms with Crippen LogP contribution < -0.4 is 21.5 Å². The maximum atomic E-state index is 12.1. The minimum absolute atomic E-state index is 0.295. The van der Waals surface area contributed by atoms with Gasteiger partial charge in [0.05, 0.1) is 29.7 Å². The van der Waals surface area contributed by atoms with Crippen molar-refractivity contribution >= 4 is 40.4 Å². The fourth-order valence-corrected chi connectivity index (χ4v) is 3.13. The second kappa shape index (κ2) is 9.48. The van der Waals surface area contributed by atoms with Crippen LogP contribution in [0.4, 0.5) is 34.4 Å². The summed E-state index contributed by atoms with van der Waals surface area (Å²) in [6.07, 6.45) is 1.40. The Bertz CT molecular complexity index is 1160. The van der Waals surface area contributed by atoms with Crippen molar-refractivity contribution in [3.8, 4) is 0 Å². The van der Waals surface area contributed by atoms with Gasteiger partial charge in [-0.25, -0.2) is 14.8 Å². The minimum atomic E-state index is -0.460. The second-order valence-corrected chi connectivity index (χ2v) is 6.77. The van der Waals surface area contributed by atoms with Gasteiger partial charge >= 0.3 is 5.97 Å². The molecule has 32 heavy (non-hydrogen) atoms. The number of nitrogen functional groups attached to an aromatic ring is 1. The maximum Gasteiger partial charge on any atom is 0.339 e. The van der Waals surface area contributed by atoms with Crippen molar-refractivity contribution in [2.75, 3.05) is 28.6 Å². The predicted octanol–water partition coefficient (Wildman–Crippen LogP) is 4.75. The van der Waals surface area contributed by atoms with Crippen LogP contribution in [0, 0.1) is 0 Å². The smallest absolute Gasteiger partial charge is 0.339 e. The summed E-state index contributed by atoms with van der Waals surface area (Å²) in [6.45, 7) is 0. The maximum absolute atomic E-state index is 12.1. The van der Waals surface area contributed by atoms with Crippen molar-refractivity contribution in [1.82, 2.24) is 9.97 Å². The van der Waals surface area contributed by atoms with Gasteiger partial charge < -0.3 is 15.8 Å². The summed E-state index contributed by atoms with van der Waals surface area (Å²) in [5, 5.41) is 4.99. The number of hydrogen-bond acceptors (Lipinski definition) is 8. The van der Waals surface area contributed by atoms with E-state index in [0.29, 0.717) is 28.6 Å². The van der Waals surface area contributed by atoms with Crippen molar-refractivity contribution in [1.29, 1.82) is 0 Å². The normalized spacial score (nSPS) is 10.3. The standard InChI is InChI=1S/C24H22N6O2/c1-32-24(31)19-14-8-9-15-20(19)28-22-21(25)23(27-16-26-22)29-30(17-10-4-2-5-11-17)18-12-6-3-7-13-18/h2-16H,25H2,1H3,(H2,26,27,28,29). The molecule has 0 bridgehead atoms. The molecule has 1 aromatic heterocycles. The SMILES string of the molecule is COC(=O)c1ccccc1Nc1ncnc(NN(c2ccccc2)c2ccccc2)c1N. The molecule has 0 atom stereocenters. The molecule has 8 heteroatoms. The molecule has 0 aliphatic carbocycles. The minimum Gasteiger partial charge on any atom is -0.465 e. The molecule has 0 saturated carbocycles. The fourth-order valence-electron chi connectivity index (χ4n) is 3.13. The number of hydrazine groups is 1. The summed E-state index contributed by atoms with van der Waals surface area (Å²) in [4.78, 5) is 20.7. The van der Waals surface area contributed by atoms with Crippen LogP contribution in [0.2, 0.25) is 0 Å². The highest BCUT2D eigenvalue weighted by Crippen LogP contribution is 2.31. The van der Waals surface area contributed by atoms with Gasteiger partial charge in [0, 0.05) is 0 Å². The lowest BCUT2D eigenvalue weighted by molar-refractivity contribution is 0.0602. The molecular weight excluding hydrogens is 404 g/mol. The molecule has 0 fully saturated rings.